The molecule has 0 aromatic heterocycles. The Balaban J connectivity index is 2.15. The van der Waals surface area contributed by atoms with Gasteiger partial charge in [-0.15, -0.1) is 0 Å². The molecule has 0 spiro atoms. The van der Waals surface area contributed by atoms with Crippen LogP contribution >= 0.6 is 0 Å². The zero-order chi connectivity index (χ0) is 12.4. The van der Waals surface area contributed by atoms with Crippen LogP contribution in [0.3, 0.4) is 0 Å². The Morgan fingerprint density at radius 3 is 2.53 bits per heavy atom. The van der Waals surface area contributed by atoms with Gasteiger partial charge in [-0.25, -0.2) is 4.39 Å². The first kappa shape index (κ1) is 12.3. The summed E-state index contributed by atoms with van der Waals surface area (Å²) >= 11 is 0. The van der Waals surface area contributed by atoms with E-state index in [-0.39, 0.29) is 11.9 Å². The SMILES string of the molecule is CN(C)Cc1ccc(OC2CNC2)c(F)c1F. The first-order valence-electron chi connectivity index (χ1n) is 5.57. The van der Waals surface area contributed by atoms with E-state index in [1.807, 2.05) is 14.1 Å². The van der Waals surface area contributed by atoms with E-state index in [9.17, 15) is 8.78 Å². The summed E-state index contributed by atoms with van der Waals surface area (Å²) in [6.07, 6.45) is -0.0522. The summed E-state index contributed by atoms with van der Waals surface area (Å²) in [5.74, 6) is -1.71. The van der Waals surface area contributed by atoms with Crippen LogP contribution in [0.25, 0.3) is 0 Å². The Hall–Kier alpha value is -1.20. The molecular weight excluding hydrogens is 226 g/mol. The van der Waals surface area contributed by atoms with Crippen molar-refractivity contribution in [3.05, 3.63) is 29.3 Å². The van der Waals surface area contributed by atoms with Crippen LogP contribution in [0.1, 0.15) is 5.56 Å². The third kappa shape index (κ3) is 2.73. The topological polar surface area (TPSA) is 24.5 Å². The highest BCUT2D eigenvalue weighted by Gasteiger charge is 2.22. The van der Waals surface area contributed by atoms with Gasteiger partial charge in [-0.2, -0.15) is 4.39 Å². The van der Waals surface area contributed by atoms with Gasteiger partial charge in [0.2, 0.25) is 5.82 Å². The number of benzene rings is 1. The molecule has 1 saturated heterocycles. The largest absolute Gasteiger partial charge is 0.485 e. The molecular formula is C12H16F2N2O. The van der Waals surface area contributed by atoms with Crippen LogP contribution in [0.15, 0.2) is 12.1 Å². The van der Waals surface area contributed by atoms with Crippen molar-refractivity contribution < 1.29 is 13.5 Å². The van der Waals surface area contributed by atoms with Crippen LogP contribution in [0.4, 0.5) is 8.78 Å². The molecule has 1 N–H and O–H groups in total. The van der Waals surface area contributed by atoms with E-state index in [0.717, 1.165) is 0 Å². The molecule has 0 radical (unpaired) electrons. The summed E-state index contributed by atoms with van der Waals surface area (Å²) in [6.45, 7) is 1.73. The predicted molar refractivity (Wildman–Crippen MR) is 61.0 cm³/mol. The second kappa shape index (κ2) is 4.98. The molecule has 1 aromatic rings. The lowest BCUT2D eigenvalue weighted by molar-refractivity contribution is 0.135. The zero-order valence-electron chi connectivity index (χ0n) is 9.96. The van der Waals surface area contributed by atoms with E-state index >= 15 is 0 Å². The number of hydrogen-bond donors (Lipinski definition) is 1. The van der Waals surface area contributed by atoms with Gasteiger partial charge in [-0.05, 0) is 20.2 Å². The third-order valence-electron chi connectivity index (χ3n) is 2.65. The van der Waals surface area contributed by atoms with E-state index in [4.69, 9.17) is 4.74 Å². The van der Waals surface area contributed by atoms with E-state index < -0.39 is 11.6 Å². The summed E-state index contributed by atoms with van der Waals surface area (Å²) in [7, 11) is 3.61. The van der Waals surface area contributed by atoms with Crippen LogP contribution in [0.5, 0.6) is 5.75 Å². The van der Waals surface area contributed by atoms with E-state index in [2.05, 4.69) is 5.32 Å². The minimum atomic E-state index is -0.892. The summed E-state index contributed by atoms with van der Waals surface area (Å²) in [5, 5.41) is 3.01. The molecule has 94 valence electrons. The lowest BCUT2D eigenvalue weighted by Gasteiger charge is -2.28. The van der Waals surface area contributed by atoms with Gasteiger partial charge >= 0.3 is 0 Å². The van der Waals surface area contributed by atoms with Crippen molar-refractivity contribution in [1.82, 2.24) is 10.2 Å². The average Bonchev–Trinajstić information content (AvgIpc) is 2.21. The van der Waals surface area contributed by atoms with Gasteiger partial charge in [0.1, 0.15) is 6.10 Å². The van der Waals surface area contributed by atoms with Crippen molar-refractivity contribution >= 4 is 0 Å². The highest BCUT2D eigenvalue weighted by molar-refractivity contribution is 5.31. The number of hydrogen-bond acceptors (Lipinski definition) is 3. The monoisotopic (exact) mass is 242 g/mol. The van der Waals surface area contributed by atoms with E-state index in [0.29, 0.717) is 25.2 Å². The van der Waals surface area contributed by atoms with Gasteiger partial charge in [0.25, 0.3) is 0 Å². The molecule has 1 aliphatic rings. The fraction of sp³-hybridized carbons (Fsp3) is 0.500. The molecule has 0 amide bonds. The summed E-state index contributed by atoms with van der Waals surface area (Å²) in [6, 6.07) is 3.06. The first-order valence-corrected chi connectivity index (χ1v) is 5.57. The molecule has 2 rings (SSSR count). The van der Waals surface area contributed by atoms with Crippen molar-refractivity contribution in [2.45, 2.75) is 12.6 Å². The minimum Gasteiger partial charge on any atom is -0.485 e. The van der Waals surface area contributed by atoms with Crippen molar-refractivity contribution in [3.8, 4) is 5.75 Å². The molecule has 0 saturated carbocycles. The smallest absolute Gasteiger partial charge is 0.200 e. The number of halogens is 2. The normalized spacial score (nSPS) is 16.1. The minimum absolute atomic E-state index is 0.00324. The van der Waals surface area contributed by atoms with Gasteiger partial charge in [0, 0.05) is 25.2 Å². The number of rotatable bonds is 4. The molecule has 3 nitrogen and oxygen atoms in total. The lowest BCUT2D eigenvalue weighted by Crippen LogP contribution is -2.50. The summed E-state index contributed by atoms with van der Waals surface area (Å²) < 4.78 is 32.7. The van der Waals surface area contributed by atoms with Crippen molar-refractivity contribution in [2.75, 3.05) is 27.2 Å². The molecule has 0 bridgehead atoms. The van der Waals surface area contributed by atoms with E-state index in [1.54, 1.807) is 11.0 Å². The first-order chi connectivity index (χ1) is 8.08. The molecule has 0 aliphatic carbocycles. The van der Waals surface area contributed by atoms with Crippen LogP contribution < -0.4 is 10.1 Å². The second-order valence-corrected chi connectivity index (χ2v) is 4.49. The number of ether oxygens (including phenoxy) is 1. The standard InChI is InChI=1S/C12H16F2N2O/c1-16(2)7-8-3-4-10(12(14)11(8)13)17-9-5-15-6-9/h3-4,9,15H,5-7H2,1-2H3. The highest BCUT2D eigenvalue weighted by atomic mass is 19.2. The molecule has 1 aliphatic heterocycles. The number of nitrogens with one attached hydrogen (secondary N) is 1. The maximum absolute atomic E-state index is 13.7. The van der Waals surface area contributed by atoms with Gasteiger partial charge < -0.3 is 15.0 Å². The fourth-order valence-corrected chi connectivity index (χ4v) is 1.65. The zero-order valence-corrected chi connectivity index (χ0v) is 9.96. The van der Waals surface area contributed by atoms with Crippen molar-refractivity contribution in [2.24, 2.45) is 0 Å². The molecule has 1 fully saturated rings. The van der Waals surface area contributed by atoms with Crippen LogP contribution in [0, 0.1) is 11.6 Å². The second-order valence-electron chi connectivity index (χ2n) is 4.49. The van der Waals surface area contributed by atoms with Crippen LogP contribution in [0.2, 0.25) is 0 Å². The summed E-state index contributed by atoms with van der Waals surface area (Å²) in [5.41, 5.74) is 0.339. The third-order valence-corrected chi connectivity index (χ3v) is 2.65. The average molecular weight is 242 g/mol. The summed E-state index contributed by atoms with van der Waals surface area (Å²) in [4.78, 5) is 1.79. The Morgan fingerprint density at radius 2 is 2.00 bits per heavy atom. The fourth-order valence-electron chi connectivity index (χ4n) is 1.65. The van der Waals surface area contributed by atoms with Gasteiger partial charge in [0.15, 0.2) is 11.6 Å². The molecule has 0 unspecified atom stereocenters. The number of nitrogens with zero attached hydrogens (tertiary/aromatic N) is 1. The Morgan fingerprint density at radius 1 is 1.29 bits per heavy atom. The Labute approximate surface area is 99.4 Å². The molecule has 5 heteroatoms. The quantitative estimate of drug-likeness (QED) is 0.863. The Bertz CT molecular complexity index is 406. The van der Waals surface area contributed by atoms with Crippen LogP contribution in [-0.4, -0.2) is 38.2 Å². The van der Waals surface area contributed by atoms with Crippen LogP contribution in [-0.2, 0) is 6.54 Å². The van der Waals surface area contributed by atoms with E-state index in [1.165, 1.54) is 6.07 Å². The molecule has 1 aromatic carbocycles. The van der Waals surface area contributed by atoms with Gasteiger partial charge in [-0.3, -0.25) is 0 Å². The van der Waals surface area contributed by atoms with Crippen molar-refractivity contribution in [1.29, 1.82) is 0 Å². The Kier molecular flexibility index (Phi) is 3.59. The van der Waals surface area contributed by atoms with Gasteiger partial charge in [0.05, 0.1) is 0 Å². The predicted octanol–water partition coefficient (Wildman–Crippen LogP) is 1.38. The van der Waals surface area contributed by atoms with Gasteiger partial charge in [-0.1, -0.05) is 6.07 Å². The molecule has 0 atom stereocenters. The maximum Gasteiger partial charge on any atom is 0.200 e. The molecule has 17 heavy (non-hydrogen) atoms. The lowest BCUT2D eigenvalue weighted by atomic mass is 10.1. The highest BCUT2D eigenvalue weighted by Crippen LogP contribution is 2.24. The maximum atomic E-state index is 13.7. The van der Waals surface area contributed by atoms with Crippen molar-refractivity contribution in [3.63, 3.8) is 0 Å². The molecule has 1 heterocycles.